The molecular weight excluding hydrogens is 307 g/mol. The van der Waals surface area contributed by atoms with Gasteiger partial charge in [-0.1, -0.05) is 0 Å². The Morgan fingerprint density at radius 3 is 2.50 bits per heavy atom. The van der Waals surface area contributed by atoms with Gasteiger partial charge in [-0.3, -0.25) is 4.79 Å². The number of aryl methyl sites for hydroxylation is 1. The fourth-order valence-corrected chi connectivity index (χ4v) is 3.41. The van der Waals surface area contributed by atoms with Gasteiger partial charge in [0.15, 0.2) is 11.6 Å². The Bertz CT molecular complexity index is 605. The number of hydrogen-bond donors (Lipinski definition) is 0. The van der Waals surface area contributed by atoms with Gasteiger partial charge in [-0.05, 0) is 37.8 Å². The van der Waals surface area contributed by atoms with Crippen LogP contribution in [0.5, 0.6) is 0 Å². The van der Waals surface area contributed by atoms with Crippen LogP contribution in [0.4, 0.5) is 14.5 Å². The molecule has 1 atom stereocenters. The minimum absolute atomic E-state index is 0.227. The molecule has 1 heterocycles. The van der Waals surface area contributed by atoms with Gasteiger partial charge < -0.3 is 4.90 Å². The highest BCUT2D eigenvalue weighted by Gasteiger charge is 2.69. The van der Waals surface area contributed by atoms with Crippen LogP contribution in [0.1, 0.15) is 25.3 Å². The molecule has 0 radical (unpaired) electrons. The number of rotatable bonds is 1. The first-order valence-electron chi connectivity index (χ1n) is 6.44. The van der Waals surface area contributed by atoms with Crippen molar-refractivity contribution < 1.29 is 13.6 Å². The predicted molar refractivity (Wildman–Crippen MR) is 74.2 cm³/mol. The number of amides is 1. The largest absolute Gasteiger partial charge is 0.311 e. The van der Waals surface area contributed by atoms with E-state index in [1.807, 2.05) is 0 Å². The molecule has 0 spiro atoms. The Hall–Kier alpha value is -0.870. The monoisotopic (exact) mass is 319 g/mol. The fourth-order valence-electron chi connectivity index (χ4n) is 2.72. The molecule has 0 N–H and O–H groups in total. The Morgan fingerprint density at radius 1 is 1.30 bits per heavy atom. The zero-order valence-electron chi connectivity index (χ0n) is 10.9. The van der Waals surface area contributed by atoms with E-state index in [0.29, 0.717) is 37.1 Å². The van der Waals surface area contributed by atoms with Crippen LogP contribution >= 0.6 is 23.2 Å². The van der Waals surface area contributed by atoms with Gasteiger partial charge in [0.2, 0.25) is 5.91 Å². The summed E-state index contributed by atoms with van der Waals surface area (Å²) in [5, 5.41) is 0. The number of benzene rings is 1. The smallest absolute Gasteiger partial charge is 0.236 e. The standard InChI is InChI=1S/C14H13Cl2F2NO/c1-13(7-14(13,15)16)12(20)19-4-2-3-8-5-9(17)10(18)6-11(8)19/h5-6H,2-4,7H2,1H3/t13-/m0/s1. The van der Waals surface area contributed by atoms with Gasteiger partial charge in [0.25, 0.3) is 0 Å². The van der Waals surface area contributed by atoms with Crippen molar-refractivity contribution in [1.82, 2.24) is 0 Å². The van der Waals surface area contributed by atoms with Crippen molar-refractivity contribution in [1.29, 1.82) is 0 Å². The van der Waals surface area contributed by atoms with Crippen LogP contribution in [0.3, 0.4) is 0 Å². The van der Waals surface area contributed by atoms with Gasteiger partial charge in [-0.2, -0.15) is 0 Å². The Labute approximate surface area is 125 Å². The lowest BCUT2D eigenvalue weighted by atomic mass is 9.98. The molecule has 20 heavy (non-hydrogen) atoms. The fraction of sp³-hybridized carbons (Fsp3) is 0.500. The van der Waals surface area contributed by atoms with E-state index < -0.39 is 21.4 Å². The predicted octanol–water partition coefficient (Wildman–Crippen LogP) is 3.83. The molecule has 1 aromatic rings. The summed E-state index contributed by atoms with van der Waals surface area (Å²) in [6.07, 6.45) is 1.70. The maximum atomic E-state index is 13.4. The summed E-state index contributed by atoms with van der Waals surface area (Å²) in [7, 11) is 0. The first kappa shape index (κ1) is 14.1. The van der Waals surface area contributed by atoms with Crippen LogP contribution in [0, 0.1) is 17.0 Å². The van der Waals surface area contributed by atoms with Crippen molar-refractivity contribution in [2.45, 2.75) is 30.5 Å². The molecule has 1 saturated carbocycles. The van der Waals surface area contributed by atoms with Crippen LogP contribution in [0.2, 0.25) is 0 Å². The SMILES string of the molecule is C[C@@]1(C(=O)N2CCCc3cc(F)c(F)cc32)CC1(Cl)Cl. The molecule has 108 valence electrons. The van der Waals surface area contributed by atoms with E-state index in [0.717, 1.165) is 12.1 Å². The second-order valence-electron chi connectivity index (χ2n) is 5.67. The van der Waals surface area contributed by atoms with Gasteiger partial charge in [-0.15, -0.1) is 23.2 Å². The third-order valence-corrected chi connectivity index (χ3v) is 5.32. The summed E-state index contributed by atoms with van der Waals surface area (Å²) in [6.45, 7) is 2.17. The molecule has 0 aromatic heterocycles. The summed E-state index contributed by atoms with van der Waals surface area (Å²) < 4.78 is 25.7. The number of hydrogen-bond acceptors (Lipinski definition) is 1. The minimum Gasteiger partial charge on any atom is -0.311 e. The third kappa shape index (κ3) is 1.92. The normalized spacial score (nSPS) is 27.1. The molecule has 2 aliphatic rings. The first-order chi connectivity index (χ1) is 9.26. The molecule has 3 rings (SSSR count). The van der Waals surface area contributed by atoms with Gasteiger partial charge in [0.05, 0.1) is 5.41 Å². The second kappa shape index (κ2) is 4.31. The summed E-state index contributed by atoms with van der Waals surface area (Å²) in [4.78, 5) is 14.1. The molecule has 1 aliphatic heterocycles. The lowest BCUT2D eigenvalue weighted by Crippen LogP contribution is -2.41. The lowest BCUT2D eigenvalue weighted by molar-refractivity contribution is -0.123. The van der Waals surface area contributed by atoms with E-state index in [4.69, 9.17) is 23.2 Å². The number of alkyl halides is 2. The summed E-state index contributed by atoms with van der Waals surface area (Å²) >= 11 is 12.1. The van der Waals surface area contributed by atoms with E-state index in [2.05, 4.69) is 0 Å². The van der Waals surface area contributed by atoms with Crippen LogP contribution in [0.15, 0.2) is 12.1 Å². The molecule has 1 fully saturated rings. The molecule has 6 heteroatoms. The number of nitrogens with zero attached hydrogens (tertiary/aromatic N) is 1. The number of fused-ring (bicyclic) bond motifs is 1. The third-order valence-electron chi connectivity index (χ3n) is 4.22. The molecule has 0 bridgehead atoms. The summed E-state index contributed by atoms with van der Waals surface area (Å²) in [6, 6.07) is 2.24. The van der Waals surface area contributed by atoms with Crippen molar-refractivity contribution in [3.8, 4) is 0 Å². The van der Waals surface area contributed by atoms with E-state index in [-0.39, 0.29) is 5.91 Å². The first-order valence-corrected chi connectivity index (χ1v) is 7.19. The second-order valence-corrected chi connectivity index (χ2v) is 7.15. The Balaban J connectivity index is 1.99. The molecule has 1 aliphatic carbocycles. The number of anilines is 1. The maximum Gasteiger partial charge on any atom is 0.236 e. The summed E-state index contributed by atoms with van der Waals surface area (Å²) in [5.74, 6) is -2.07. The van der Waals surface area contributed by atoms with E-state index in [9.17, 15) is 13.6 Å². The molecule has 2 nitrogen and oxygen atoms in total. The zero-order chi connectivity index (χ0) is 14.7. The van der Waals surface area contributed by atoms with Gasteiger partial charge in [-0.25, -0.2) is 8.78 Å². The van der Waals surface area contributed by atoms with Crippen LogP contribution in [0.25, 0.3) is 0 Å². The highest BCUT2D eigenvalue weighted by atomic mass is 35.5. The quantitative estimate of drug-likeness (QED) is 0.720. The Morgan fingerprint density at radius 2 is 1.90 bits per heavy atom. The van der Waals surface area contributed by atoms with Crippen molar-refractivity contribution in [3.63, 3.8) is 0 Å². The van der Waals surface area contributed by atoms with Crippen LogP contribution < -0.4 is 4.90 Å². The average molecular weight is 320 g/mol. The Kier molecular flexibility index (Phi) is 3.04. The zero-order valence-corrected chi connectivity index (χ0v) is 12.4. The van der Waals surface area contributed by atoms with Crippen molar-refractivity contribution >= 4 is 34.8 Å². The van der Waals surface area contributed by atoms with Gasteiger partial charge in [0, 0.05) is 18.3 Å². The van der Waals surface area contributed by atoms with Crippen molar-refractivity contribution in [3.05, 3.63) is 29.3 Å². The minimum atomic E-state index is -1.07. The van der Waals surface area contributed by atoms with Gasteiger partial charge >= 0.3 is 0 Å². The van der Waals surface area contributed by atoms with E-state index in [1.54, 1.807) is 6.92 Å². The van der Waals surface area contributed by atoms with Crippen molar-refractivity contribution in [2.75, 3.05) is 11.4 Å². The summed E-state index contributed by atoms with van der Waals surface area (Å²) in [5.41, 5.74) is 0.218. The number of carbonyl (C=O) groups excluding carboxylic acids is 1. The topological polar surface area (TPSA) is 20.3 Å². The molecule has 1 aromatic carbocycles. The highest BCUT2D eigenvalue weighted by Crippen LogP contribution is 2.64. The van der Waals surface area contributed by atoms with Gasteiger partial charge in [0.1, 0.15) is 4.33 Å². The van der Waals surface area contributed by atoms with E-state index >= 15 is 0 Å². The lowest BCUT2D eigenvalue weighted by Gasteiger charge is -2.32. The van der Waals surface area contributed by atoms with Crippen LogP contribution in [-0.2, 0) is 11.2 Å². The number of carbonyl (C=O) groups is 1. The molecule has 1 amide bonds. The molecular formula is C14H13Cl2F2NO. The molecule has 0 saturated heterocycles. The molecule has 0 unspecified atom stereocenters. The van der Waals surface area contributed by atoms with E-state index in [1.165, 1.54) is 4.90 Å². The van der Waals surface area contributed by atoms with Crippen LogP contribution in [-0.4, -0.2) is 16.8 Å². The average Bonchev–Trinajstić information content (AvgIpc) is 2.90. The maximum absolute atomic E-state index is 13.4. The van der Waals surface area contributed by atoms with Crippen molar-refractivity contribution in [2.24, 2.45) is 5.41 Å². The highest BCUT2D eigenvalue weighted by molar-refractivity contribution is 6.53. The number of halogens is 4.